The number of anilines is 1. The molecule has 10 heteroatoms. The fourth-order valence-electron chi connectivity index (χ4n) is 3.94. The second kappa shape index (κ2) is 11.3. The van der Waals surface area contributed by atoms with Gasteiger partial charge in [-0.15, -0.1) is 0 Å². The van der Waals surface area contributed by atoms with Gasteiger partial charge >= 0.3 is 11.8 Å². The molecule has 0 atom stereocenters. The van der Waals surface area contributed by atoms with Crippen molar-refractivity contribution in [3.05, 3.63) is 88.1 Å². The molecule has 0 aliphatic carbocycles. The van der Waals surface area contributed by atoms with Gasteiger partial charge in [0.05, 0.1) is 11.5 Å². The number of hydrogen-bond acceptors (Lipinski definition) is 9. The predicted octanol–water partition coefficient (Wildman–Crippen LogP) is 5.16. The summed E-state index contributed by atoms with van der Waals surface area (Å²) in [5.41, 5.74) is 0.787. The first kappa shape index (κ1) is 24.6. The lowest BCUT2D eigenvalue weighted by atomic mass is 10.0. The van der Waals surface area contributed by atoms with E-state index in [-0.39, 0.29) is 35.7 Å². The minimum Gasteiger partial charge on any atom is -0.450 e. The van der Waals surface area contributed by atoms with Crippen LogP contribution in [0.1, 0.15) is 35.7 Å². The van der Waals surface area contributed by atoms with Gasteiger partial charge in [-0.3, -0.25) is 14.9 Å². The minimum absolute atomic E-state index is 0.0389. The maximum atomic E-state index is 12.6. The molecule has 0 saturated carbocycles. The van der Waals surface area contributed by atoms with Crippen molar-refractivity contribution >= 4 is 23.4 Å². The first-order valence-electron chi connectivity index (χ1n) is 11.6. The summed E-state index contributed by atoms with van der Waals surface area (Å²) in [4.78, 5) is 41.7. The van der Waals surface area contributed by atoms with Crippen molar-refractivity contribution in [3.8, 4) is 11.5 Å². The van der Waals surface area contributed by atoms with Crippen LogP contribution in [0.4, 0.5) is 16.3 Å². The van der Waals surface area contributed by atoms with Gasteiger partial charge in [0.25, 0.3) is 0 Å². The number of hydrogen-bond donors (Lipinski definition) is 0. The van der Waals surface area contributed by atoms with Crippen LogP contribution in [0, 0.1) is 10.1 Å². The van der Waals surface area contributed by atoms with Gasteiger partial charge in [0.2, 0.25) is 11.6 Å². The lowest BCUT2D eigenvalue weighted by molar-refractivity contribution is -0.385. The summed E-state index contributed by atoms with van der Waals surface area (Å²) in [7, 11) is 0. The predicted molar refractivity (Wildman–Crippen MR) is 131 cm³/mol. The number of ether oxygens (including phenoxy) is 3. The Morgan fingerprint density at radius 2 is 1.69 bits per heavy atom. The molecule has 1 saturated heterocycles. The summed E-state index contributed by atoms with van der Waals surface area (Å²) in [5, 5.41) is 12.0. The van der Waals surface area contributed by atoms with Crippen LogP contribution in [0.5, 0.6) is 11.5 Å². The Balaban J connectivity index is 1.48. The van der Waals surface area contributed by atoms with Gasteiger partial charge in [0, 0.05) is 49.3 Å². The molecule has 1 aromatic heterocycles. The van der Waals surface area contributed by atoms with Crippen molar-refractivity contribution in [2.24, 2.45) is 0 Å². The van der Waals surface area contributed by atoms with Gasteiger partial charge < -0.3 is 19.1 Å². The second-order valence-electron chi connectivity index (χ2n) is 8.05. The van der Waals surface area contributed by atoms with Crippen molar-refractivity contribution in [1.29, 1.82) is 0 Å². The number of ketones is 1. The Morgan fingerprint density at radius 3 is 2.33 bits per heavy atom. The van der Waals surface area contributed by atoms with E-state index >= 15 is 0 Å². The molecule has 0 spiro atoms. The number of nitrogens with zero attached hydrogens (tertiary/aromatic N) is 3. The van der Waals surface area contributed by atoms with Gasteiger partial charge in [-0.25, -0.2) is 9.78 Å². The number of nitro groups is 1. The van der Waals surface area contributed by atoms with Gasteiger partial charge in [-0.1, -0.05) is 30.3 Å². The largest absolute Gasteiger partial charge is 0.508 e. The van der Waals surface area contributed by atoms with E-state index in [9.17, 15) is 19.7 Å². The summed E-state index contributed by atoms with van der Waals surface area (Å²) < 4.78 is 15.9. The highest BCUT2D eigenvalue weighted by molar-refractivity contribution is 6.09. The molecule has 1 aliphatic rings. The SMILES string of the molecule is CCOC(=O)OC1CCN(c2nccc(Oc3ccc(C(=O)c4ccccc4)cc3)c2[N+](=O)[O-])CC1. The molecule has 1 fully saturated rings. The van der Waals surface area contributed by atoms with E-state index < -0.39 is 11.1 Å². The smallest absolute Gasteiger partial charge is 0.450 e. The van der Waals surface area contributed by atoms with Crippen LogP contribution >= 0.6 is 0 Å². The van der Waals surface area contributed by atoms with E-state index in [4.69, 9.17) is 14.2 Å². The van der Waals surface area contributed by atoms with Crippen LogP contribution in [0.25, 0.3) is 0 Å². The van der Waals surface area contributed by atoms with Crippen molar-refractivity contribution in [3.63, 3.8) is 0 Å². The molecular weight excluding hydrogens is 466 g/mol. The summed E-state index contributed by atoms with van der Waals surface area (Å²) in [5.74, 6) is 0.441. The summed E-state index contributed by atoms with van der Waals surface area (Å²) in [6.07, 6.45) is 1.38. The third-order valence-corrected chi connectivity index (χ3v) is 5.70. The fraction of sp³-hybridized carbons (Fsp3) is 0.269. The molecule has 0 amide bonds. The number of aromatic nitrogens is 1. The molecule has 0 N–H and O–H groups in total. The standard InChI is InChI=1S/C26H25N3O7/c1-2-34-26(31)36-21-13-16-28(17-14-21)25-23(29(32)33)22(12-15-27-25)35-20-10-8-19(9-11-20)24(30)18-6-4-3-5-7-18/h3-12,15,21H,2,13-14,16-17H2,1H3. The Morgan fingerprint density at radius 1 is 1.03 bits per heavy atom. The zero-order valence-electron chi connectivity index (χ0n) is 19.7. The topological polar surface area (TPSA) is 121 Å². The maximum absolute atomic E-state index is 12.6. The molecule has 0 bridgehead atoms. The number of carbonyl (C=O) groups is 2. The minimum atomic E-state index is -0.716. The summed E-state index contributed by atoms with van der Waals surface area (Å²) in [6.45, 7) is 2.75. The lowest BCUT2D eigenvalue weighted by Gasteiger charge is -2.31. The maximum Gasteiger partial charge on any atom is 0.508 e. The van der Waals surface area contributed by atoms with E-state index in [0.717, 1.165) is 0 Å². The number of rotatable bonds is 8. The van der Waals surface area contributed by atoms with Crippen LogP contribution in [-0.2, 0) is 9.47 Å². The number of pyridine rings is 1. The Kier molecular flexibility index (Phi) is 7.74. The quantitative estimate of drug-likeness (QED) is 0.182. The van der Waals surface area contributed by atoms with Crippen molar-refractivity contribution in [2.45, 2.75) is 25.9 Å². The highest BCUT2D eigenvalue weighted by Gasteiger charge is 2.31. The molecule has 4 rings (SSSR count). The molecule has 2 heterocycles. The average molecular weight is 492 g/mol. The molecule has 0 radical (unpaired) electrons. The molecule has 3 aromatic rings. The highest BCUT2D eigenvalue weighted by Crippen LogP contribution is 2.39. The molecule has 10 nitrogen and oxygen atoms in total. The summed E-state index contributed by atoms with van der Waals surface area (Å²) in [6, 6.07) is 16.8. The zero-order chi connectivity index (χ0) is 25.5. The van der Waals surface area contributed by atoms with E-state index in [2.05, 4.69) is 4.98 Å². The van der Waals surface area contributed by atoms with Gasteiger partial charge in [0.15, 0.2) is 5.78 Å². The third-order valence-electron chi connectivity index (χ3n) is 5.70. The molecule has 36 heavy (non-hydrogen) atoms. The monoisotopic (exact) mass is 491 g/mol. The molecule has 0 unspecified atom stereocenters. The number of carbonyl (C=O) groups excluding carboxylic acids is 2. The first-order chi connectivity index (χ1) is 17.5. The molecule has 186 valence electrons. The van der Waals surface area contributed by atoms with E-state index in [0.29, 0.717) is 42.8 Å². The first-order valence-corrected chi connectivity index (χ1v) is 11.6. The molecule has 1 aliphatic heterocycles. The van der Waals surface area contributed by atoms with Crippen LogP contribution in [0.2, 0.25) is 0 Å². The third kappa shape index (κ3) is 5.77. The van der Waals surface area contributed by atoms with Crippen molar-refractivity contribution < 1.29 is 28.7 Å². The Labute approximate surface area is 207 Å². The lowest BCUT2D eigenvalue weighted by Crippen LogP contribution is -2.38. The van der Waals surface area contributed by atoms with Gasteiger partial charge in [-0.2, -0.15) is 0 Å². The zero-order valence-corrected chi connectivity index (χ0v) is 19.7. The Bertz CT molecular complexity index is 1220. The normalized spacial score (nSPS) is 13.6. The van der Waals surface area contributed by atoms with Gasteiger partial charge in [0.1, 0.15) is 11.9 Å². The van der Waals surface area contributed by atoms with E-state index in [1.54, 1.807) is 60.4 Å². The van der Waals surface area contributed by atoms with Crippen LogP contribution in [0.3, 0.4) is 0 Å². The van der Waals surface area contributed by atoms with E-state index in [1.165, 1.54) is 12.3 Å². The van der Waals surface area contributed by atoms with E-state index in [1.807, 2.05) is 6.07 Å². The summed E-state index contributed by atoms with van der Waals surface area (Å²) >= 11 is 0. The van der Waals surface area contributed by atoms with Crippen molar-refractivity contribution in [1.82, 2.24) is 4.98 Å². The van der Waals surface area contributed by atoms with Crippen LogP contribution in [-0.4, -0.2) is 47.6 Å². The van der Waals surface area contributed by atoms with Crippen LogP contribution in [0.15, 0.2) is 66.9 Å². The van der Waals surface area contributed by atoms with Gasteiger partial charge in [-0.05, 0) is 31.2 Å². The average Bonchev–Trinajstić information content (AvgIpc) is 2.89. The fourth-order valence-corrected chi connectivity index (χ4v) is 3.94. The number of benzene rings is 2. The van der Waals surface area contributed by atoms with Crippen molar-refractivity contribution in [2.75, 3.05) is 24.6 Å². The molecular formula is C26H25N3O7. The second-order valence-corrected chi connectivity index (χ2v) is 8.05. The molecule has 2 aromatic carbocycles. The van der Waals surface area contributed by atoms with Crippen LogP contribution < -0.4 is 9.64 Å². The Hall–Kier alpha value is -4.47. The number of piperidine rings is 1. The highest BCUT2D eigenvalue weighted by atomic mass is 16.7.